The Morgan fingerprint density at radius 3 is 2.81 bits per heavy atom. The Morgan fingerprint density at radius 1 is 1.56 bits per heavy atom. The molecular weight excluding hydrogens is 283 g/mol. The highest BCUT2D eigenvalue weighted by Gasteiger charge is 2.14. The molecule has 1 aromatic rings. The second-order valence-electron chi connectivity index (χ2n) is 2.66. The quantitative estimate of drug-likeness (QED) is 0.528. The molecule has 0 heterocycles. The lowest BCUT2D eigenvalue weighted by atomic mass is 10.3. The van der Waals surface area contributed by atoms with Crippen LogP contribution in [0.3, 0.4) is 0 Å². The molecular formula is C10H8BrFO4. The molecule has 1 N–H and O–H groups in total. The number of aliphatic hydroxyl groups excluding tert-OH is 1. The van der Waals surface area contributed by atoms with Crippen molar-refractivity contribution in [3.63, 3.8) is 0 Å². The first-order valence-electron chi connectivity index (χ1n) is 4.14. The minimum Gasteiger partial charge on any atom is -0.511 e. The molecule has 0 unspecified atom stereocenters. The number of esters is 1. The van der Waals surface area contributed by atoms with Crippen molar-refractivity contribution >= 4 is 21.9 Å². The van der Waals surface area contributed by atoms with Crippen molar-refractivity contribution in [2.45, 2.75) is 0 Å². The summed E-state index contributed by atoms with van der Waals surface area (Å²) in [7, 11) is 1.13. The van der Waals surface area contributed by atoms with Crippen LogP contribution in [0.15, 0.2) is 34.7 Å². The summed E-state index contributed by atoms with van der Waals surface area (Å²) in [6.07, 6.45) is 0.448. The summed E-state index contributed by atoms with van der Waals surface area (Å²) < 4.78 is 22.6. The maximum absolute atomic E-state index is 12.9. The second-order valence-corrected chi connectivity index (χ2v) is 3.52. The predicted octanol–water partition coefficient (Wildman–Crippen LogP) is 2.54. The lowest BCUT2D eigenvalue weighted by Crippen LogP contribution is -2.11. The highest BCUT2D eigenvalue weighted by Crippen LogP contribution is 2.27. The lowest BCUT2D eigenvalue weighted by molar-refractivity contribution is -0.138. The molecule has 4 nitrogen and oxygen atoms in total. The summed E-state index contributed by atoms with van der Waals surface area (Å²) >= 11 is 3.11. The molecule has 1 rings (SSSR count). The zero-order chi connectivity index (χ0) is 12.1. The molecule has 0 spiro atoms. The first-order valence-corrected chi connectivity index (χ1v) is 4.93. The molecule has 0 aromatic heterocycles. The van der Waals surface area contributed by atoms with E-state index in [1.54, 1.807) is 0 Å². The minimum absolute atomic E-state index is 0.0608. The van der Waals surface area contributed by atoms with Gasteiger partial charge in [-0.15, -0.1) is 0 Å². The maximum Gasteiger partial charge on any atom is 0.377 e. The van der Waals surface area contributed by atoms with Gasteiger partial charge in [-0.3, -0.25) is 0 Å². The van der Waals surface area contributed by atoms with Gasteiger partial charge in [0.15, 0.2) is 0 Å². The molecule has 0 atom stereocenters. The van der Waals surface area contributed by atoms with Crippen molar-refractivity contribution in [2.75, 3.05) is 7.11 Å². The van der Waals surface area contributed by atoms with Crippen LogP contribution in [0.2, 0.25) is 0 Å². The zero-order valence-electron chi connectivity index (χ0n) is 8.24. The van der Waals surface area contributed by atoms with Crippen LogP contribution in [0.25, 0.3) is 0 Å². The van der Waals surface area contributed by atoms with Gasteiger partial charge in [-0.2, -0.15) is 0 Å². The van der Waals surface area contributed by atoms with E-state index in [4.69, 9.17) is 9.84 Å². The number of carbonyl (C=O) groups excluding carboxylic acids is 1. The number of carbonyl (C=O) groups is 1. The Kier molecular flexibility index (Phi) is 4.30. The van der Waals surface area contributed by atoms with E-state index < -0.39 is 17.5 Å². The Hall–Kier alpha value is -1.56. The summed E-state index contributed by atoms with van der Waals surface area (Å²) in [6, 6.07) is 3.70. The molecule has 0 bridgehead atoms. The largest absolute Gasteiger partial charge is 0.511 e. The zero-order valence-corrected chi connectivity index (χ0v) is 9.82. The van der Waals surface area contributed by atoms with Crippen LogP contribution < -0.4 is 4.74 Å². The molecule has 0 amide bonds. The third kappa shape index (κ3) is 2.96. The predicted molar refractivity (Wildman–Crippen MR) is 57.5 cm³/mol. The SMILES string of the molecule is COC(=O)/C(=C\O)Oc1cc(F)ccc1Br. The van der Waals surface area contributed by atoms with Gasteiger partial charge in [-0.1, -0.05) is 0 Å². The molecule has 0 fully saturated rings. The van der Waals surface area contributed by atoms with E-state index in [0.717, 1.165) is 13.2 Å². The van der Waals surface area contributed by atoms with E-state index in [-0.39, 0.29) is 5.75 Å². The fourth-order valence-electron chi connectivity index (χ4n) is 0.895. The van der Waals surface area contributed by atoms with Crippen LogP contribution in [-0.4, -0.2) is 18.2 Å². The van der Waals surface area contributed by atoms with Gasteiger partial charge in [0.05, 0.1) is 11.6 Å². The van der Waals surface area contributed by atoms with Crippen LogP contribution in [0.5, 0.6) is 5.75 Å². The molecule has 0 aliphatic carbocycles. The average Bonchev–Trinajstić information content (AvgIpc) is 2.29. The monoisotopic (exact) mass is 290 g/mol. The van der Waals surface area contributed by atoms with Gasteiger partial charge >= 0.3 is 5.97 Å². The number of benzene rings is 1. The van der Waals surface area contributed by atoms with Gasteiger partial charge in [0, 0.05) is 6.07 Å². The summed E-state index contributed by atoms with van der Waals surface area (Å²) in [6.45, 7) is 0. The molecule has 0 saturated carbocycles. The van der Waals surface area contributed by atoms with Crippen LogP contribution in [0.4, 0.5) is 4.39 Å². The van der Waals surface area contributed by atoms with E-state index >= 15 is 0 Å². The molecule has 0 aliphatic heterocycles. The molecule has 16 heavy (non-hydrogen) atoms. The Labute approximate surface area is 99.4 Å². The van der Waals surface area contributed by atoms with Crippen molar-refractivity contribution in [3.05, 3.63) is 40.5 Å². The van der Waals surface area contributed by atoms with E-state index in [1.165, 1.54) is 12.1 Å². The molecule has 0 saturated heterocycles. The normalized spacial score (nSPS) is 11.1. The van der Waals surface area contributed by atoms with Crippen molar-refractivity contribution in [1.29, 1.82) is 0 Å². The standard InChI is InChI=1S/C10H8BrFO4/c1-15-10(14)9(5-13)16-8-4-6(12)2-3-7(8)11/h2-5,13H,1H3/b9-5+. The summed E-state index contributed by atoms with van der Waals surface area (Å²) in [5.41, 5.74) is 0. The summed E-state index contributed by atoms with van der Waals surface area (Å²) in [4.78, 5) is 11.1. The smallest absolute Gasteiger partial charge is 0.377 e. The number of methoxy groups -OCH3 is 1. The van der Waals surface area contributed by atoms with Gasteiger partial charge < -0.3 is 14.6 Å². The van der Waals surface area contributed by atoms with Crippen molar-refractivity contribution in [3.8, 4) is 5.75 Å². The minimum atomic E-state index is -0.862. The fourth-order valence-corrected chi connectivity index (χ4v) is 1.22. The second kappa shape index (κ2) is 5.50. The van der Waals surface area contributed by atoms with E-state index in [1.807, 2.05) is 0 Å². The molecule has 0 radical (unpaired) electrons. The highest BCUT2D eigenvalue weighted by molar-refractivity contribution is 9.10. The molecule has 1 aromatic carbocycles. The Morgan fingerprint density at radius 2 is 2.25 bits per heavy atom. The number of rotatable bonds is 3. The summed E-state index contributed by atoms with van der Waals surface area (Å²) in [5, 5.41) is 8.75. The Bertz CT molecular complexity index is 431. The molecule has 86 valence electrons. The third-order valence-corrected chi connectivity index (χ3v) is 2.27. The summed E-state index contributed by atoms with van der Waals surface area (Å²) in [5.74, 6) is -1.77. The van der Waals surface area contributed by atoms with E-state index in [9.17, 15) is 9.18 Å². The van der Waals surface area contributed by atoms with Gasteiger partial charge in [-0.25, -0.2) is 9.18 Å². The van der Waals surface area contributed by atoms with Crippen molar-refractivity contribution in [2.24, 2.45) is 0 Å². The number of hydrogen-bond acceptors (Lipinski definition) is 4. The van der Waals surface area contributed by atoms with Crippen LogP contribution in [0.1, 0.15) is 0 Å². The Balaban J connectivity index is 2.95. The first kappa shape index (κ1) is 12.5. The van der Waals surface area contributed by atoms with Crippen LogP contribution in [0, 0.1) is 5.82 Å². The lowest BCUT2D eigenvalue weighted by Gasteiger charge is -2.08. The third-order valence-electron chi connectivity index (χ3n) is 1.62. The number of hydrogen-bond donors (Lipinski definition) is 1. The van der Waals surface area contributed by atoms with Crippen LogP contribution in [-0.2, 0) is 9.53 Å². The van der Waals surface area contributed by atoms with E-state index in [2.05, 4.69) is 20.7 Å². The van der Waals surface area contributed by atoms with Gasteiger partial charge in [0.1, 0.15) is 17.8 Å². The topological polar surface area (TPSA) is 55.8 Å². The van der Waals surface area contributed by atoms with Gasteiger partial charge in [-0.05, 0) is 28.1 Å². The van der Waals surface area contributed by atoms with Crippen molar-refractivity contribution in [1.82, 2.24) is 0 Å². The number of ether oxygens (including phenoxy) is 2. The van der Waals surface area contributed by atoms with Gasteiger partial charge in [0.25, 0.3) is 0 Å². The average molecular weight is 291 g/mol. The van der Waals surface area contributed by atoms with E-state index in [0.29, 0.717) is 10.7 Å². The van der Waals surface area contributed by atoms with Crippen molar-refractivity contribution < 1.29 is 23.8 Å². The number of aliphatic hydroxyl groups is 1. The first-order chi connectivity index (χ1) is 7.58. The fraction of sp³-hybridized carbons (Fsp3) is 0.100. The highest BCUT2D eigenvalue weighted by atomic mass is 79.9. The maximum atomic E-state index is 12.9. The van der Waals surface area contributed by atoms with Crippen LogP contribution >= 0.6 is 15.9 Å². The number of halogens is 2. The molecule has 6 heteroatoms. The van der Waals surface area contributed by atoms with Gasteiger partial charge in [0.2, 0.25) is 5.76 Å². The molecule has 0 aliphatic rings.